The highest BCUT2D eigenvalue weighted by atomic mass is 16.5. The predicted molar refractivity (Wildman–Crippen MR) is 198 cm³/mol. The highest BCUT2D eigenvalue weighted by Gasteiger charge is 2.74. The molecule has 11 nitrogen and oxygen atoms in total. The molecule has 1 unspecified atom stereocenters. The number of ether oxygens (including phenoxy) is 2. The molecule has 2 heterocycles. The number of hydrogen-bond donors (Lipinski definition) is 3. The van der Waals surface area contributed by atoms with Gasteiger partial charge in [-0.15, -0.1) is 0 Å². The molecule has 0 spiro atoms. The van der Waals surface area contributed by atoms with E-state index in [1.54, 1.807) is 11.7 Å². The van der Waals surface area contributed by atoms with Crippen LogP contribution >= 0.6 is 0 Å². The van der Waals surface area contributed by atoms with E-state index in [-0.39, 0.29) is 58.9 Å². The van der Waals surface area contributed by atoms with Crippen LogP contribution < -0.4 is 10.6 Å². The largest absolute Gasteiger partial charge is 0.481 e. The lowest BCUT2D eigenvalue weighted by molar-refractivity contribution is -0.251. The Morgan fingerprint density at radius 1 is 1.10 bits per heavy atom. The molecule has 1 saturated heterocycles. The molecule has 3 saturated carbocycles. The van der Waals surface area contributed by atoms with Crippen LogP contribution in [0.4, 0.5) is 0 Å². The van der Waals surface area contributed by atoms with E-state index in [9.17, 15) is 14.7 Å². The smallest absolute Gasteiger partial charge is 0.308 e. The van der Waals surface area contributed by atoms with E-state index in [1.807, 2.05) is 20.0 Å². The fourth-order valence-corrected chi connectivity index (χ4v) is 12.5. The molecule has 5 aliphatic rings. The molecule has 2 bridgehead atoms. The molecule has 1 aromatic rings. The number of hydrogen-bond acceptors (Lipinski definition) is 8. The number of carboxylic acids is 1. The van der Waals surface area contributed by atoms with Crippen LogP contribution in [0.2, 0.25) is 0 Å². The minimum atomic E-state index is -1.07. The SMILES string of the molecule is CNC(=O)c1ncnn1[C@@H]1CC23COC[C@@](C)([C@@H]2CC[C@H]2C3=CC(=O)[C@@]3(C)[C@H](C(=O)O)[C@@](C)([C@H](C)C(C)C)CC[C@]23C)[C@H]1OC[C@@](C)(NC)C(C)C. The molecule has 11 heteroatoms. The molecular formula is C41H65N5O6. The number of carboxylic acid groups (broad SMARTS) is 1. The van der Waals surface area contributed by atoms with E-state index < -0.39 is 39.0 Å². The number of aliphatic carboxylic acids is 1. The van der Waals surface area contributed by atoms with Crippen molar-refractivity contribution in [3.63, 3.8) is 0 Å². The van der Waals surface area contributed by atoms with Crippen molar-refractivity contribution in [1.29, 1.82) is 0 Å². The Kier molecular flexibility index (Phi) is 9.77. The van der Waals surface area contributed by atoms with Gasteiger partial charge in [0.2, 0.25) is 5.82 Å². The fraction of sp³-hybridized carbons (Fsp3) is 0.829. The number of allylic oxidation sites excluding steroid dienone is 1. The van der Waals surface area contributed by atoms with Crippen LogP contribution in [-0.2, 0) is 19.1 Å². The van der Waals surface area contributed by atoms with Crippen LogP contribution in [-0.4, -0.2) is 83.1 Å². The summed E-state index contributed by atoms with van der Waals surface area (Å²) >= 11 is 0. The summed E-state index contributed by atoms with van der Waals surface area (Å²) in [6, 6.07) is -0.364. The molecule has 4 fully saturated rings. The van der Waals surface area contributed by atoms with Crippen molar-refractivity contribution in [2.45, 2.75) is 119 Å². The Labute approximate surface area is 310 Å². The first kappa shape index (κ1) is 39.1. The summed E-state index contributed by atoms with van der Waals surface area (Å²) in [6.07, 6.45) is 6.85. The quantitative estimate of drug-likeness (QED) is 0.266. The second-order valence-corrected chi connectivity index (χ2v) is 19.2. The summed E-state index contributed by atoms with van der Waals surface area (Å²) in [5.41, 5.74) is -2.35. The zero-order chi connectivity index (χ0) is 38.4. The summed E-state index contributed by atoms with van der Waals surface area (Å²) in [6.45, 7) is 23.0. The van der Waals surface area contributed by atoms with Gasteiger partial charge in [-0.2, -0.15) is 5.10 Å². The molecule has 1 aliphatic heterocycles. The van der Waals surface area contributed by atoms with Crippen molar-refractivity contribution in [2.24, 2.45) is 62.6 Å². The van der Waals surface area contributed by atoms with Crippen molar-refractivity contribution in [1.82, 2.24) is 25.4 Å². The molecule has 4 aliphatic carbocycles. The van der Waals surface area contributed by atoms with E-state index in [0.29, 0.717) is 32.2 Å². The lowest BCUT2D eigenvalue weighted by atomic mass is 9.34. The Balaban J connectivity index is 1.51. The third-order valence-electron chi connectivity index (χ3n) is 16.7. The van der Waals surface area contributed by atoms with E-state index in [2.05, 4.69) is 77.9 Å². The minimum Gasteiger partial charge on any atom is -0.481 e. The number of rotatable bonds is 10. The monoisotopic (exact) mass is 723 g/mol. The Morgan fingerprint density at radius 2 is 1.79 bits per heavy atom. The lowest BCUT2D eigenvalue weighted by Gasteiger charge is -2.70. The maximum absolute atomic E-state index is 15.1. The van der Waals surface area contributed by atoms with Gasteiger partial charge in [-0.3, -0.25) is 14.4 Å². The normalized spacial score (nSPS) is 41.7. The molecule has 0 aromatic carbocycles. The van der Waals surface area contributed by atoms with E-state index in [0.717, 1.165) is 31.3 Å². The standard InChI is InChI=1S/C41H65N5O6/c1-23(2)25(5)36(6)15-16-38(8)26-13-14-29-37(7)19-51-21-41(29,27(26)17-30(47)40(38,10)31(36)35(49)50)18-28(46-33(34(48)42-11)44-22-45-46)32(37)52-20-39(9,43-12)24(3)4/h17,22-26,28-29,31-32,43H,13-16,18-21H2,1-12H3,(H,42,48)(H,49,50)/t25-,26+,28-,29+,31-,32+,36-,37+,38-,39-,40+,41?/m1/s1. The molecular weight excluding hydrogens is 658 g/mol. The van der Waals surface area contributed by atoms with Gasteiger partial charge in [-0.05, 0) is 92.6 Å². The number of nitrogens with zero attached hydrogens (tertiary/aromatic N) is 3. The van der Waals surface area contributed by atoms with Crippen molar-refractivity contribution in [3.8, 4) is 0 Å². The average Bonchev–Trinajstić information content (AvgIpc) is 3.58. The maximum atomic E-state index is 15.1. The van der Waals surface area contributed by atoms with Crippen molar-refractivity contribution in [2.75, 3.05) is 33.9 Å². The van der Waals surface area contributed by atoms with Gasteiger partial charge in [0.15, 0.2) is 5.78 Å². The van der Waals surface area contributed by atoms with Crippen LogP contribution in [0.5, 0.6) is 0 Å². The Bertz CT molecular complexity index is 1620. The number of carbonyl (C=O) groups excluding carboxylic acids is 2. The van der Waals surface area contributed by atoms with Crippen LogP contribution in [0.1, 0.15) is 118 Å². The molecule has 3 N–H and O–H groups in total. The summed E-state index contributed by atoms with van der Waals surface area (Å²) in [5, 5.41) is 22.0. The number of fused-ring (bicyclic) bond motifs is 3. The number of ketones is 1. The van der Waals surface area contributed by atoms with E-state index in [4.69, 9.17) is 14.6 Å². The van der Waals surface area contributed by atoms with E-state index in [1.165, 1.54) is 6.33 Å². The zero-order valence-electron chi connectivity index (χ0n) is 33.8. The summed E-state index contributed by atoms with van der Waals surface area (Å²) in [7, 11) is 3.56. The van der Waals surface area contributed by atoms with Crippen LogP contribution in [0, 0.1) is 62.6 Å². The Morgan fingerprint density at radius 3 is 2.38 bits per heavy atom. The summed E-state index contributed by atoms with van der Waals surface area (Å²) in [4.78, 5) is 46.2. The van der Waals surface area contributed by atoms with Crippen LogP contribution in [0.25, 0.3) is 0 Å². The van der Waals surface area contributed by atoms with E-state index >= 15 is 4.79 Å². The molecule has 6 rings (SSSR count). The number of aromatic nitrogens is 3. The third kappa shape index (κ3) is 5.17. The molecule has 0 radical (unpaired) electrons. The first-order valence-corrected chi connectivity index (χ1v) is 19.7. The lowest BCUT2D eigenvalue weighted by Crippen LogP contribution is -2.70. The summed E-state index contributed by atoms with van der Waals surface area (Å²) < 4.78 is 15.5. The number of likely N-dealkylation sites (N-methyl/N-ethyl adjacent to an activating group) is 1. The van der Waals surface area contributed by atoms with Gasteiger partial charge in [0.1, 0.15) is 6.33 Å². The van der Waals surface area contributed by atoms with Gasteiger partial charge >= 0.3 is 5.97 Å². The highest BCUT2D eigenvalue weighted by molar-refractivity contribution is 6.00. The van der Waals surface area contributed by atoms with Crippen LogP contribution in [0.15, 0.2) is 18.0 Å². The van der Waals surface area contributed by atoms with Gasteiger partial charge in [-0.25, -0.2) is 9.67 Å². The van der Waals surface area contributed by atoms with Gasteiger partial charge < -0.3 is 25.2 Å². The molecule has 1 aromatic heterocycles. The number of carbonyl (C=O) groups is 3. The maximum Gasteiger partial charge on any atom is 0.308 e. The van der Waals surface area contributed by atoms with Gasteiger partial charge in [0.25, 0.3) is 5.91 Å². The van der Waals surface area contributed by atoms with Crippen molar-refractivity contribution < 1.29 is 29.0 Å². The highest BCUT2D eigenvalue weighted by Crippen LogP contribution is 2.75. The van der Waals surface area contributed by atoms with Gasteiger partial charge in [0.05, 0.1) is 37.9 Å². The van der Waals surface area contributed by atoms with Gasteiger partial charge in [-0.1, -0.05) is 67.9 Å². The topological polar surface area (TPSA) is 145 Å². The van der Waals surface area contributed by atoms with Gasteiger partial charge in [0, 0.05) is 28.8 Å². The van der Waals surface area contributed by atoms with Crippen molar-refractivity contribution >= 4 is 17.7 Å². The molecule has 52 heavy (non-hydrogen) atoms. The average molecular weight is 724 g/mol. The Hall–Kier alpha value is -2.63. The summed E-state index contributed by atoms with van der Waals surface area (Å²) in [5.74, 6) is -0.964. The number of nitrogens with one attached hydrogen (secondary N) is 2. The zero-order valence-corrected chi connectivity index (χ0v) is 33.8. The molecule has 1 amide bonds. The molecule has 290 valence electrons. The first-order valence-electron chi connectivity index (χ1n) is 19.7. The minimum absolute atomic E-state index is 0.0129. The second-order valence-electron chi connectivity index (χ2n) is 19.2. The molecule has 12 atom stereocenters. The first-order chi connectivity index (χ1) is 24.2. The number of amides is 1. The third-order valence-corrected chi connectivity index (χ3v) is 16.7. The fourth-order valence-electron chi connectivity index (χ4n) is 12.5. The van der Waals surface area contributed by atoms with Crippen molar-refractivity contribution in [3.05, 3.63) is 23.8 Å². The van der Waals surface area contributed by atoms with Crippen LogP contribution in [0.3, 0.4) is 0 Å². The predicted octanol–water partition coefficient (Wildman–Crippen LogP) is 5.97. The second kappa shape index (κ2) is 13.0.